The molecule has 2 aromatic heterocycles. The van der Waals surface area contributed by atoms with Gasteiger partial charge in [-0.1, -0.05) is 0 Å². The number of halogens is 1. The van der Waals surface area contributed by atoms with Crippen molar-refractivity contribution in [2.24, 2.45) is 0 Å². The highest BCUT2D eigenvalue weighted by molar-refractivity contribution is 14.1. The van der Waals surface area contributed by atoms with Gasteiger partial charge in [0.2, 0.25) is 0 Å². The van der Waals surface area contributed by atoms with Crippen LogP contribution in [0.3, 0.4) is 0 Å². The van der Waals surface area contributed by atoms with Gasteiger partial charge in [-0.3, -0.25) is 4.79 Å². The molecule has 78 valence electrons. The lowest BCUT2D eigenvalue weighted by molar-refractivity contribution is -0.137. The highest BCUT2D eigenvalue weighted by Crippen LogP contribution is 2.28. The average molecular weight is 336 g/mol. The molecule has 2 heterocycles. The van der Waals surface area contributed by atoms with E-state index in [4.69, 9.17) is 5.11 Å². The molecule has 2 rings (SSSR count). The number of aliphatic carboxylic acids is 1. The van der Waals surface area contributed by atoms with Crippen LogP contribution < -0.4 is 0 Å². The minimum absolute atomic E-state index is 0.226. The van der Waals surface area contributed by atoms with Crippen LogP contribution in [0.1, 0.15) is 0 Å². The first-order valence-electron chi connectivity index (χ1n) is 3.90. The van der Waals surface area contributed by atoms with Gasteiger partial charge < -0.3 is 5.11 Å². The van der Waals surface area contributed by atoms with Crippen LogP contribution in [0.2, 0.25) is 0 Å². The normalized spacial score (nSPS) is 10.5. The lowest BCUT2D eigenvalue weighted by atomic mass is 10.4. The second kappa shape index (κ2) is 4.23. The van der Waals surface area contributed by atoms with Crippen LogP contribution in [0.25, 0.3) is 10.7 Å². The van der Waals surface area contributed by atoms with E-state index >= 15 is 0 Å². The molecule has 15 heavy (non-hydrogen) atoms. The second-order valence-electron chi connectivity index (χ2n) is 2.65. The summed E-state index contributed by atoms with van der Waals surface area (Å²) < 4.78 is 2.29. The zero-order chi connectivity index (χ0) is 10.8. The number of nitrogens with zero attached hydrogens (tertiary/aromatic N) is 4. The molecule has 2 aromatic rings. The van der Waals surface area contributed by atoms with Crippen LogP contribution >= 0.6 is 33.9 Å². The zero-order valence-electron chi connectivity index (χ0n) is 7.29. The molecule has 0 saturated carbocycles. The van der Waals surface area contributed by atoms with Gasteiger partial charge in [0, 0.05) is 3.57 Å². The summed E-state index contributed by atoms with van der Waals surface area (Å²) in [4.78, 5) is 11.4. The lowest BCUT2D eigenvalue weighted by Crippen LogP contribution is -2.11. The van der Waals surface area contributed by atoms with Gasteiger partial charge in [-0.15, -0.1) is 16.4 Å². The van der Waals surface area contributed by atoms with E-state index in [9.17, 15) is 4.79 Å². The number of carbonyl (C=O) groups is 1. The monoisotopic (exact) mass is 336 g/mol. The Bertz CT molecular complexity index is 495. The molecule has 1 N–H and O–H groups in total. The fraction of sp³-hybridized carbons (Fsp3) is 0.143. The Morgan fingerprint density at radius 1 is 1.67 bits per heavy atom. The Morgan fingerprint density at radius 3 is 3.07 bits per heavy atom. The minimum Gasteiger partial charge on any atom is -0.480 e. The predicted octanol–water partition coefficient (Wildman–Crippen LogP) is 1.09. The van der Waals surface area contributed by atoms with Crippen molar-refractivity contribution in [1.82, 2.24) is 20.2 Å². The third-order valence-corrected chi connectivity index (χ3v) is 3.81. The smallest absolute Gasteiger partial charge is 0.325 e. The highest BCUT2D eigenvalue weighted by Gasteiger charge is 2.14. The summed E-state index contributed by atoms with van der Waals surface area (Å²) in [7, 11) is 0. The van der Waals surface area contributed by atoms with E-state index in [0.717, 1.165) is 8.45 Å². The summed E-state index contributed by atoms with van der Waals surface area (Å²) in [6, 6.07) is 1.93. The first-order valence-corrected chi connectivity index (χ1v) is 5.85. The molecule has 0 aliphatic heterocycles. The Hall–Kier alpha value is -1.03. The van der Waals surface area contributed by atoms with Crippen molar-refractivity contribution in [3.63, 3.8) is 0 Å². The SMILES string of the molecule is O=C(O)Cn1nnnc1-c1sccc1I. The van der Waals surface area contributed by atoms with E-state index in [1.54, 1.807) is 0 Å². The van der Waals surface area contributed by atoms with Gasteiger partial charge in [0.25, 0.3) is 0 Å². The molecule has 0 aromatic carbocycles. The van der Waals surface area contributed by atoms with Crippen LogP contribution in [-0.4, -0.2) is 31.3 Å². The van der Waals surface area contributed by atoms with Crippen molar-refractivity contribution in [2.75, 3.05) is 0 Å². The number of thiophene rings is 1. The van der Waals surface area contributed by atoms with E-state index in [-0.39, 0.29) is 6.54 Å². The van der Waals surface area contributed by atoms with Crippen molar-refractivity contribution in [2.45, 2.75) is 6.54 Å². The van der Waals surface area contributed by atoms with E-state index in [1.807, 2.05) is 11.4 Å². The van der Waals surface area contributed by atoms with Crippen LogP contribution in [0, 0.1) is 3.57 Å². The molecule has 0 radical (unpaired) electrons. The molecule has 0 spiro atoms. The van der Waals surface area contributed by atoms with Gasteiger partial charge in [0.1, 0.15) is 6.54 Å². The lowest BCUT2D eigenvalue weighted by Gasteiger charge is -1.99. The van der Waals surface area contributed by atoms with Crippen LogP contribution in [-0.2, 0) is 11.3 Å². The predicted molar refractivity (Wildman–Crippen MR) is 61.5 cm³/mol. The molecule has 0 aliphatic carbocycles. The number of carboxylic acid groups (broad SMARTS) is 1. The minimum atomic E-state index is -0.963. The maximum absolute atomic E-state index is 10.6. The van der Waals surface area contributed by atoms with Gasteiger partial charge in [-0.2, -0.15) is 0 Å². The maximum Gasteiger partial charge on any atom is 0.325 e. The fourth-order valence-corrected chi connectivity index (χ4v) is 2.87. The number of hydrogen-bond donors (Lipinski definition) is 1. The van der Waals surface area contributed by atoms with Crippen molar-refractivity contribution in [3.05, 3.63) is 15.0 Å². The number of carboxylic acids is 1. The van der Waals surface area contributed by atoms with Crippen molar-refractivity contribution in [1.29, 1.82) is 0 Å². The highest BCUT2D eigenvalue weighted by atomic mass is 127. The fourth-order valence-electron chi connectivity index (χ4n) is 1.06. The molecule has 0 atom stereocenters. The summed E-state index contributed by atoms with van der Waals surface area (Å²) in [6.45, 7) is -0.226. The zero-order valence-corrected chi connectivity index (χ0v) is 10.3. The van der Waals surface area contributed by atoms with E-state index in [0.29, 0.717) is 5.82 Å². The van der Waals surface area contributed by atoms with Crippen LogP contribution in [0.15, 0.2) is 11.4 Å². The maximum atomic E-state index is 10.6. The topological polar surface area (TPSA) is 80.9 Å². The van der Waals surface area contributed by atoms with Gasteiger partial charge in [0.05, 0.1) is 4.88 Å². The van der Waals surface area contributed by atoms with Crippen LogP contribution in [0.5, 0.6) is 0 Å². The van der Waals surface area contributed by atoms with E-state index in [2.05, 4.69) is 38.1 Å². The van der Waals surface area contributed by atoms with Crippen molar-refractivity contribution >= 4 is 39.9 Å². The number of aromatic nitrogens is 4. The number of tetrazole rings is 1. The van der Waals surface area contributed by atoms with E-state index < -0.39 is 5.97 Å². The summed E-state index contributed by atoms with van der Waals surface area (Å²) in [6.07, 6.45) is 0. The standard InChI is InChI=1S/C7H5IN4O2S/c8-4-1-2-15-6(4)7-9-10-11-12(7)3-5(13)14/h1-2H,3H2,(H,13,14). The Balaban J connectivity index is 2.41. The third-order valence-electron chi connectivity index (χ3n) is 1.64. The number of rotatable bonds is 3. The molecule has 0 amide bonds. The Kier molecular flexibility index (Phi) is 2.95. The molecule has 0 fully saturated rings. The average Bonchev–Trinajstić information content (AvgIpc) is 2.73. The molecule has 0 saturated heterocycles. The summed E-state index contributed by atoms with van der Waals surface area (Å²) in [5, 5.41) is 21.5. The molecule has 0 aliphatic rings. The first-order chi connectivity index (χ1) is 7.18. The van der Waals surface area contributed by atoms with Crippen molar-refractivity contribution < 1.29 is 9.90 Å². The second-order valence-corrected chi connectivity index (χ2v) is 4.73. The molecular weight excluding hydrogens is 331 g/mol. The quantitative estimate of drug-likeness (QED) is 0.849. The van der Waals surface area contributed by atoms with Crippen molar-refractivity contribution in [3.8, 4) is 10.7 Å². The largest absolute Gasteiger partial charge is 0.480 e. The molecular formula is C7H5IN4O2S. The van der Waals surface area contributed by atoms with E-state index in [1.165, 1.54) is 16.0 Å². The molecule has 8 heteroatoms. The summed E-state index contributed by atoms with van der Waals surface area (Å²) in [5.41, 5.74) is 0. The van der Waals surface area contributed by atoms with Gasteiger partial charge in [0.15, 0.2) is 5.82 Å². The molecule has 0 unspecified atom stereocenters. The first kappa shape index (κ1) is 10.5. The summed E-state index contributed by atoms with van der Waals surface area (Å²) >= 11 is 3.65. The van der Waals surface area contributed by atoms with Gasteiger partial charge >= 0.3 is 5.97 Å². The van der Waals surface area contributed by atoms with Crippen LogP contribution in [0.4, 0.5) is 0 Å². The molecule has 6 nitrogen and oxygen atoms in total. The Labute approximate surface area is 102 Å². The Morgan fingerprint density at radius 2 is 2.47 bits per heavy atom. The summed E-state index contributed by atoms with van der Waals surface area (Å²) in [5.74, 6) is -0.466. The van der Waals surface area contributed by atoms with Gasteiger partial charge in [-0.25, -0.2) is 4.68 Å². The number of hydrogen-bond acceptors (Lipinski definition) is 5. The third kappa shape index (κ3) is 2.15. The molecule has 0 bridgehead atoms. The van der Waals surface area contributed by atoms with Gasteiger partial charge in [-0.05, 0) is 44.5 Å².